The summed E-state index contributed by atoms with van der Waals surface area (Å²) >= 11 is 0. The number of likely N-dealkylation sites (tertiary alicyclic amines) is 1. The van der Waals surface area contributed by atoms with Gasteiger partial charge in [0.1, 0.15) is 0 Å². The van der Waals surface area contributed by atoms with E-state index in [1.807, 2.05) is 12.1 Å². The number of nitrogens with one attached hydrogen (secondary N) is 2. The third-order valence-corrected chi connectivity index (χ3v) is 11.3. The van der Waals surface area contributed by atoms with Crippen molar-refractivity contribution in [2.75, 3.05) is 44.7 Å². The minimum Gasteiger partial charge on any atom is -0.371 e. The van der Waals surface area contributed by atoms with Crippen LogP contribution >= 0.6 is 0 Å². The van der Waals surface area contributed by atoms with Gasteiger partial charge in [0.15, 0.2) is 0 Å². The van der Waals surface area contributed by atoms with E-state index in [2.05, 4.69) is 93.2 Å². The van der Waals surface area contributed by atoms with E-state index in [0.29, 0.717) is 23.7 Å². The molecule has 7 nitrogen and oxygen atoms in total. The summed E-state index contributed by atoms with van der Waals surface area (Å²) in [4.78, 5) is 22.5. The van der Waals surface area contributed by atoms with Crippen LogP contribution in [-0.2, 0) is 5.41 Å². The third-order valence-electron chi connectivity index (χ3n) is 11.3. The maximum Gasteiger partial charge on any atom is 0.314 e. The zero-order valence-corrected chi connectivity index (χ0v) is 27.1. The minimum atomic E-state index is -0.0578. The standard InChI is InChI=1S/C38H50N6O/c1-28-11-12-29(17-20-41-28)23-38(32-7-4-3-5-8-32,35-9-6-10-36(35)42-37(45)40-2)33-18-21-43(22-19-33)25-31-26-44(27-31)34-15-13-30(24-39)14-16-34/h3-5,7-8,13-17,20,29,31,33,35-36H,6,9-12,18-19,21-23,25-27H2,1-2H3,(H2,40,42,45). The van der Waals surface area contributed by atoms with Gasteiger partial charge in [-0.25, -0.2) is 4.79 Å². The number of nitrogens with zero attached hydrogens (tertiary/aromatic N) is 4. The predicted molar refractivity (Wildman–Crippen MR) is 182 cm³/mol. The van der Waals surface area contributed by atoms with Crippen molar-refractivity contribution in [2.24, 2.45) is 28.7 Å². The molecular formula is C38H50N6O. The van der Waals surface area contributed by atoms with Gasteiger partial charge in [0.25, 0.3) is 0 Å². The van der Waals surface area contributed by atoms with Gasteiger partial charge >= 0.3 is 6.03 Å². The van der Waals surface area contributed by atoms with Crippen LogP contribution < -0.4 is 15.5 Å². The number of hydrogen-bond acceptors (Lipinski definition) is 5. The Bertz CT molecular complexity index is 1380. The molecule has 2 amide bonds. The molecule has 2 aromatic rings. The van der Waals surface area contributed by atoms with Gasteiger partial charge in [0.2, 0.25) is 0 Å². The van der Waals surface area contributed by atoms with Crippen LogP contribution in [0.5, 0.6) is 0 Å². The second-order valence-corrected chi connectivity index (χ2v) is 14.0. The lowest BCUT2D eigenvalue weighted by Gasteiger charge is -2.52. The fourth-order valence-electron chi connectivity index (χ4n) is 9.02. The molecule has 6 rings (SSSR count). The van der Waals surface area contributed by atoms with Crippen LogP contribution in [0.4, 0.5) is 10.5 Å². The molecule has 0 aromatic heterocycles. The Hall–Kier alpha value is -3.63. The monoisotopic (exact) mass is 606 g/mol. The highest BCUT2D eigenvalue weighted by molar-refractivity contribution is 5.82. The molecule has 0 spiro atoms. The largest absolute Gasteiger partial charge is 0.371 e. The molecule has 45 heavy (non-hydrogen) atoms. The van der Waals surface area contributed by atoms with E-state index in [1.165, 1.54) is 29.8 Å². The number of aliphatic imine (C=N–C) groups is 1. The third kappa shape index (κ3) is 6.97. The summed E-state index contributed by atoms with van der Waals surface area (Å²) in [6.07, 6.45) is 13.5. The molecule has 4 unspecified atom stereocenters. The first kappa shape index (κ1) is 31.4. The van der Waals surface area contributed by atoms with Gasteiger partial charge in [0, 0.05) is 61.7 Å². The normalized spacial score (nSPS) is 25.8. The first-order valence-corrected chi connectivity index (χ1v) is 17.2. The van der Waals surface area contributed by atoms with Crippen molar-refractivity contribution in [1.29, 1.82) is 5.26 Å². The number of nitriles is 1. The number of anilines is 1. The number of rotatable bonds is 9. The predicted octanol–water partition coefficient (Wildman–Crippen LogP) is 6.52. The number of carbonyl (C=O) groups excluding carboxylic acids is 1. The van der Waals surface area contributed by atoms with Crippen LogP contribution in [0.1, 0.15) is 69.4 Å². The highest BCUT2D eigenvalue weighted by Gasteiger charge is 2.52. The first-order chi connectivity index (χ1) is 22.0. The van der Waals surface area contributed by atoms with Gasteiger partial charge in [-0.2, -0.15) is 5.26 Å². The highest BCUT2D eigenvalue weighted by atomic mass is 16.2. The summed E-state index contributed by atoms with van der Waals surface area (Å²) in [6, 6.07) is 21.7. The number of hydrogen-bond donors (Lipinski definition) is 2. The number of urea groups is 1. The Morgan fingerprint density at radius 1 is 1.02 bits per heavy atom. The first-order valence-electron chi connectivity index (χ1n) is 17.2. The maximum atomic E-state index is 12.7. The van der Waals surface area contributed by atoms with Crippen molar-refractivity contribution in [3.63, 3.8) is 0 Å². The SMILES string of the molecule is CNC(=O)NC1CCCC1C(CC1C=CN=C(C)CC1)(c1ccccc1)C1CCN(CC2CN(c3ccc(C#N)cc3)C2)CC1. The number of amides is 2. The van der Waals surface area contributed by atoms with E-state index in [-0.39, 0.29) is 17.5 Å². The van der Waals surface area contributed by atoms with Crippen LogP contribution in [0.2, 0.25) is 0 Å². The van der Waals surface area contributed by atoms with Crippen LogP contribution in [0.25, 0.3) is 0 Å². The smallest absolute Gasteiger partial charge is 0.314 e. The topological polar surface area (TPSA) is 83.8 Å². The van der Waals surface area contributed by atoms with E-state index < -0.39 is 0 Å². The summed E-state index contributed by atoms with van der Waals surface area (Å²) in [5.41, 5.74) is 4.62. The molecule has 4 aliphatic rings. The maximum absolute atomic E-state index is 12.7. The second kappa shape index (κ2) is 14.2. The molecule has 238 valence electrons. The number of benzene rings is 2. The molecule has 7 heteroatoms. The Morgan fingerprint density at radius 3 is 2.49 bits per heavy atom. The fourth-order valence-corrected chi connectivity index (χ4v) is 9.02. The Morgan fingerprint density at radius 2 is 1.78 bits per heavy atom. The van der Waals surface area contributed by atoms with E-state index in [4.69, 9.17) is 5.26 Å². The van der Waals surface area contributed by atoms with Gasteiger partial charge in [-0.15, -0.1) is 0 Å². The van der Waals surface area contributed by atoms with Crippen LogP contribution in [-0.4, -0.2) is 62.5 Å². The average Bonchev–Trinajstić information content (AvgIpc) is 3.42. The van der Waals surface area contributed by atoms with Crippen molar-refractivity contribution in [2.45, 2.75) is 69.7 Å². The lowest BCUT2D eigenvalue weighted by atomic mass is 9.55. The lowest BCUT2D eigenvalue weighted by molar-refractivity contribution is 0.0547. The van der Waals surface area contributed by atoms with Crippen molar-refractivity contribution < 1.29 is 4.79 Å². The van der Waals surface area contributed by atoms with Crippen LogP contribution in [0.15, 0.2) is 71.9 Å². The summed E-state index contributed by atoms with van der Waals surface area (Å²) in [5, 5.41) is 15.4. The highest BCUT2D eigenvalue weighted by Crippen LogP contribution is 2.54. The molecular weight excluding hydrogens is 556 g/mol. The number of allylic oxidation sites excluding steroid dienone is 1. The lowest BCUT2D eigenvalue weighted by Crippen LogP contribution is -2.56. The van der Waals surface area contributed by atoms with Gasteiger partial charge < -0.3 is 20.4 Å². The zero-order chi connectivity index (χ0) is 31.2. The van der Waals surface area contributed by atoms with E-state index in [0.717, 1.165) is 76.8 Å². The van der Waals surface area contributed by atoms with E-state index in [1.54, 1.807) is 7.05 Å². The number of carbonyl (C=O) groups is 1. The Kier molecular flexibility index (Phi) is 9.90. The summed E-state index contributed by atoms with van der Waals surface area (Å²) in [6.45, 7) is 7.75. The molecule has 2 N–H and O–H groups in total. The quantitative estimate of drug-likeness (QED) is 0.341. The van der Waals surface area contributed by atoms with Crippen molar-refractivity contribution in [3.05, 3.63) is 78.0 Å². The van der Waals surface area contributed by atoms with Gasteiger partial charge in [-0.3, -0.25) is 4.99 Å². The van der Waals surface area contributed by atoms with Crippen molar-refractivity contribution in [3.8, 4) is 6.07 Å². The molecule has 1 saturated carbocycles. The van der Waals surface area contributed by atoms with Crippen molar-refractivity contribution >= 4 is 17.4 Å². The summed E-state index contributed by atoms with van der Waals surface area (Å²) in [5.74, 6) is 2.11. The molecule has 3 aliphatic heterocycles. The van der Waals surface area contributed by atoms with Crippen molar-refractivity contribution in [1.82, 2.24) is 15.5 Å². The second-order valence-electron chi connectivity index (χ2n) is 14.0. The Labute approximate surface area is 269 Å². The Balaban J connectivity index is 1.20. The van der Waals surface area contributed by atoms with Crippen LogP contribution in [0, 0.1) is 35.0 Å². The molecule has 2 aromatic carbocycles. The average molecular weight is 607 g/mol. The molecule has 3 heterocycles. The van der Waals surface area contributed by atoms with Crippen LogP contribution in [0.3, 0.4) is 0 Å². The summed E-state index contributed by atoms with van der Waals surface area (Å²) < 4.78 is 0. The molecule has 0 radical (unpaired) electrons. The van der Waals surface area contributed by atoms with Gasteiger partial charge in [-0.05, 0) is 113 Å². The molecule has 3 fully saturated rings. The van der Waals surface area contributed by atoms with Gasteiger partial charge in [-0.1, -0.05) is 42.8 Å². The molecule has 2 saturated heterocycles. The minimum absolute atomic E-state index is 0.00829. The summed E-state index contributed by atoms with van der Waals surface area (Å²) in [7, 11) is 1.73. The van der Waals surface area contributed by atoms with E-state index >= 15 is 0 Å². The van der Waals surface area contributed by atoms with E-state index in [9.17, 15) is 4.79 Å². The molecule has 0 bridgehead atoms. The molecule has 4 atom stereocenters. The molecule has 1 aliphatic carbocycles. The zero-order valence-electron chi connectivity index (χ0n) is 27.1. The fraction of sp³-hybridized carbons (Fsp3) is 0.553. The van der Waals surface area contributed by atoms with Gasteiger partial charge in [0.05, 0.1) is 11.6 Å². The number of piperidine rings is 1.